The minimum atomic E-state index is -0.985. The lowest BCUT2D eigenvalue weighted by molar-refractivity contribution is -0.00373. The van der Waals surface area contributed by atoms with Crippen molar-refractivity contribution < 1.29 is 19.7 Å². The van der Waals surface area contributed by atoms with Gasteiger partial charge in [0.1, 0.15) is 5.60 Å². The zero-order chi connectivity index (χ0) is 21.6. The zero-order valence-electron chi connectivity index (χ0n) is 17.0. The van der Waals surface area contributed by atoms with E-state index in [0.29, 0.717) is 22.7 Å². The Kier molecular flexibility index (Phi) is 7.90. The Bertz CT molecular complexity index is 805. The predicted molar refractivity (Wildman–Crippen MR) is 115 cm³/mol. The van der Waals surface area contributed by atoms with Gasteiger partial charge in [-0.25, -0.2) is 4.79 Å². The van der Waals surface area contributed by atoms with E-state index in [0.717, 1.165) is 5.56 Å². The van der Waals surface area contributed by atoms with Gasteiger partial charge in [-0.05, 0) is 62.6 Å². The summed E-state index contributed by atoms with van der Waals surface area (Å²) in [5, 5.41) is 21.2. The van der Waals surface area contributed by atoms with Gasteiger partial charge in [-0.3, -0.25) is 4.90 Å². The molecule has 0 spiro atoms. The summed E-state index contributed by atoms with van der Waals surface area (Å²) < 4.78 is 5.52. The molecule has 2 atom stereocenters. The Morgan fingerprint density at radius 2 is 1.86 bits per heavy atom. The number of anilines is 1. The number of amides is 1. The average Bonchev–Trinajstić information content (AvgIpc) is 2.64. The van der Waals surface area contributed by atoms with Crippen LogP contribution in [0.2, 0.25) is 5.02 Å². The summed E-state index contributed by atoms with van der Waals surface area (Å²) >= 11 is 6.02. The number of ether oxygens (including phenoxy) is 1. The number of rotatable bonds is 7. The molecular weight excluding hydrogens is 392 g/mol. The van der Waals surface area contributed by atoms with E-state index in [9.17, 15) is 15.0 Å². The van der Waals surface area contributed by atoms with Crippen LogP contribution in [0.5, 0.6) is 0 Å². The molecule has 0 saturated carbocycles. The third-order valence-corrected chi connectivity index (χ3v) is 4.57. The number of hydrogen-bond donors (Lipinski definition) is 3. The average molecular weight is 421 g/mol. The first-order valence-corrected chi connectivity index (χ1v) is 9.85. The van der Waals surface area contributed by atoms with E-state index in [1.54, 1.807) is 57.2 Å². The van der Waals surface area contributed by atoms with E-state index in [2.05, 4.69) is 0 Å². The highest BCUT2D eigenvalue weighted by Gasteiger charge is 2.30. The van der Waals surface area contributed by atoms with Crippen molar-refractivity contribution in [1.29, 1.82) is 0 Å². The van der Waals surface area contributed by atoms with Crippen LogP contribution in [0.4, 0.5) is 10.5 Å². The molecule has 2 aromatic rings. The Balaban J connectivity index is 2.26. The summed E-state index contributed by atoms with van der Waals surface area (Å²) in [4.78, 5) is 14.2. The molecule has 0 aliphatic rings. The number of nitrogens with two attached hydrogens (primary N) is 1. The van der Waals surface area contributed by atoms with Gasteiger partial charge in [-0.1, -0.05) is 35.9 Å². The molecule has 0 unspecified atom stereocenters. The van der Waals surface area contributed by atoms with Crippen molar-refractivity contribution in [2.24, 2.45) is 0 Å². The molecule has 0 heterocycles. The van der Waals surface area contributed by atoms with Crippen molar-refractivity contribution in [2.75, 3.05) is 18.9 Å². The lowest BCUT2D eigenvalue weighted by Crippen LogP contribution is -2.48. The maximum Gasteiger partial charge on any atom is 0.410 e. The van der Waals surface area contributed by atoms with Gasteiger partial charge in [0.15, 0.2) is 0 Å². The van der Waals surface area contributed by atoms with E-state index < -0.39 is 23.8 Å². The predicted octanol–water partition coefficient (Wildman–Crippen LogP) is 3.80. The van der Waals surface area contributed by atoms with E-state index in [1.165, 1.54) is 4.90 Å². The molecular formula is C22H29ClN2O4. The SMILES string of the molecule is CC(C)(C)OC(=O)N(C[C@H](O)c1cccc(Cl)c1)[C@H](CO)Cc1ccc(N)cc1. The minimum absolute atomic E-state index is 0.0462. The van der Waals surface area contributed by atoms with Crippen LogP contribution in [-0.2, 0) is 11.2 Å². The van der Waals surface area contributed by atoms with Crippen molar-refractivity contribution in [3.05, 3.63) is 64.7 Å². The largest absolute Gasteiger partial charge is 0.444 e. The fourth-order valence-electron chi connectivity index (χ4n) is 2.90. The van der Waals surface area contributed by atoms with Crippen LogP contribution in [-0.4, -0.2) is 46.0 Å². The number of carbonyl (C=O) groups excluding carboxylic acids is 1. The third kappa shape index (κ3) is 7.24. The zero-order valence-corrected chi connectivity index (χ0v) is 17.8. The van der Waals surface area contributed by atoms with Crippen molar-refractivity contribution in [1.82, 2.24) is 4.90 Å². The molecule has 2 rings (SSSR count). The van der Waals surface area contributed by atoms with Crippen LogP contribution in [0.25, 0.3) is 0 Å². The number of nitrogens with zero attached hydrogens (tertiary/aromatic N) is 1. The van der Waals surface area contributed by atoms with Gasteiger partial charge in [-0.15, -0.1) is 0 Å². The third-order valence-electron chi connectivity index (χ3n) is 4.33. The molecule has 1 amide bonds. The van der Waals surface area contributed by atoms with Crippen LogP contribution in [0, 0.1) is 0 Å². The van der Waals surface area contributed by atoms with Gasteiger partial charge >= 0.3 is 6.09 Å². The topological polar surface area (TPSA) is 96.0 Å². The molecule has 0 bridgehead atoms. The summed E-state index contributed by atoms with van der Waals surface area (Å²) in [7, 11) is 0. The number of aliphatic hydroxyl groups is 2. The van der Waals surface area contributed by atoms with Crippen LogP contribution in [0.15, 0.2) is 48.5 Å². The summed E-state index contributed by atoms with van der Waals surface area (Å²) in [6.07, 6.45) is -1.20. The second kappa shape index (κ2) is 9.96. The normalized spacial score (nSPS) is 13.6. The first-order valence-electron chi connectivity index (χ1n) is 9.47. The highest BCUT2D eigenvalue weighted by molar-refractivity contribution is 6.30. The lowest BCUT2D eigenvalue weighted by atomic mass is 10.0. The summed E-state index contributed by atoms with van der Waals surface area (Å²) in [5.74, 6) is 0. The Labute approximate surface area is 176 Å². The maximum absolute atomic E-state index is 12.9. The molecule has 6 nitrogen and oxygen atoms in total. The first kappa shape index (κ1) is 23.0. The van der Waals surface area contributed by atoms with Crippen molar-refractivity contribution >= 4 is 23.4 Å². The quantitative estimate of drug-likeness (QED) is 0.592. The molecule has 0 radical (unpaired) electrons. The van der Waals surface area contributed by atoms with E-state index in [-0.39, 0.29) is 13.2 Å². The number of halogens is 1. The number of nitrogen functional groups attached to an aromatic ring is 1. The molecule has 0 fully saturated rings. The smallest absolute Gasteiger partial charge is 0.410 e. The molecule has 2 aromatic carbocycles. The molecule has 0 aromatic heterocycles. The summed E-state index contributed by atoms with van der Waals surface area (Å²) in [6.45, 7) is 4.97. The maximum atomic E-state index is 12.9. The monoisotopic (exact) mass is 420 g/mol. The standard InChI is InChI=1S/C22H29ClN2O4/c1-22(2,3)29-21(28)25(13-20(27)16-5-4-6-17(23)12-16)19(14-26)11-15-7-9-18(24)10-8-15/h4-10,12,19-20,26-27H,11,13-14,24H2,1-3H3/t19-,20-/m0/s1. The van der Waals surface area contributed by atoms with Crippen LogP contribution in [0.3, 0.4) is 0 Å². The van der Waals surface area contributed by atoms with Crippen LogP contribution >= 0.6 is 11.6 Å². The Morgan fingerprint density at radius 1 is 1.21 bits per heavy atom. The van der Waals surface area contributed by atoms with E-state index in [1.807, 2.05) is 12.1 Å². The number of benzene rings is 2. The van der Waals surface area contributed by atoms with Gasteiger partial charge in [0.05, 0.1) is 25.3 Å². The Hall–Kier alpha value is -2.28. The van der Waals surface area contributed by atoms with Gasteiger partial charge in [0, 0.05) is 10.7 Å². The van der Waals surface area contributed by atoms with Gasteiger partial charge in [0.25, 0.3) is 0 Å². The lowest BCUT2D eigenvalue weighted by Gasteiger charge is -2.34. The van der Waals surface area contributed by atoms with Crippen LogP contribution < -0.4 is 5.73 Å². The van der Waals surface area contributed by atoms with E-state index >= 15 is 0 Å². The fourth-order valence-corrected chi connectivity index (χ4v) is 3.10. The molecule has 158 valence electrons. The number of aliphatic hydroxyl groups excluding tert-OH is 2. The fraction of sp³-hybridized carbons (Fsp3) is 0.409. The van der Waals surface area contributed by atoms with Crippen LogP contribution in [0.1, 0.15) is 38.0 Å². The molecule has 7 heteroatoms. The van der Waals surface area contributed by atoms with Crippen molar-refractivity contribution in [3.8, 4) is 0 Å². The second-order valence-electron chi connectivity index (χ2n) is 7.99. The molecule has 0 aliphatic heterocycles. The first-order chi connectivity index (χ1) is 13.6. The molecule has 4 N–H and O–H groups in total. The van der Waals surface area contributed by atoms with E-state index in [4.69, 9.17) is 22.1 Å². The van der Waals surface area contributed by atoms with Gasteiger partial charge in [-0.2, -0.15) is 0 Å². The highest BCUT2D eigenvalue weighted by Crippen LogP contribution is 2.22. The highest BCUT2D eigenvalue weighted by atomic mass is 35.5. The molecule has 0 aliphatic carbocycles. The van der Waals surface area contributed by atoms with Crippen molar-refractivity contribution in [2.45, 2.75) is 44.9 Å². The number of hydrogen-bond acceptors (Lipinski definition) is 5. The molecule has 0 saturated heterocycles. The van der Waals surface area contributed by atoms with Crippen molar-refractivity contribution in [3.63, 3.8) is 0 Å². The summed E-state index contributed by atoms with van der Waals surface area (Å²) in [5.41, 5.74) is 7.14. The minimum Gasteiger partial charge on any atom is -0.444 e. The number of carbonyl (C=O) groups is 1. The van der Waals surface area contributed by atoms with Gasteiger partial charge < -0.3 is 20.7 Å². The summed E-state index contributed by atoms with van der Waals surface area (Å²) in [6, 6.07) is 13.5. The Morgan fingerprint density at radius 3 is 2.41 bits per heavy atom. The molecule has 29 heavy (non-hydrogen) atoms. The van der Waals surface area contributed by atoms with Gasteiger partial charge in [0.2, 0.25) is 0 Å². The second-order valence-corrected chi connectivity index (χ2v) is 8.42.